The number of thiazole rings is 2. The van der Waals surface area contributed by atoms with Crippen molar-refractivity contribution in [3.05, 3.63) is 45.4 Å². The van der Waals surface area contributed by atoms with Gasteiger partial charge in [0.25, 0.3) is 5.91 Å². The molecule has 0 N–H and O–H groups in total. The zero-order valence-corrected chi connectivity index (χ0v) is 15.5. The van der Waals surface area contributed by atoms with Crippen molar-refractivity contribution in [1.29, 1.82) is 0 Å². The molecule has 2 aromatic heterocycles. The molecular formula is C17H17N3O3S2. The van der Waals surface area contributed by atoms with Gasteiger partial charge in [0, 0.05) is 7.05 Å². The van der Waals surface area contributed by atoms with Crippen molar-refractivity contribution in [3.8, 4) is 0 Å². The molecule has 25 heavy (non-hydrogen) atoms. The van der Waals surface area contributed by atoms with Gasteiger partial charge >= 0.3 is 0 Å². The molecule has 1 atom stereocenters. The Bertz CT molecular complexity index is 868. The monoisotopic (exact) mass is 375 g/mol. The van der Waals surface area contributed by atoms with Crippen LogP contribution < -0.4 is 0 Å². The molecule has 1 saturated heterocycles. The van der Waals surface area contributed by atoms with Crippen molar-refractivity contribution >= 4 is 38.8 Å². The number of hydrogen-bond acceptors (Lipinski definition) is 7. The van der Waals surface area contributed by atoms with Crippen molar-refractivity contribution in [2.24, 2.45) is 0 Å². The summed E-state index contributed by atoms with van der Waals surface area (Å²) in [6, 6.07) is 7.88. The molecule has 1 aliphatic heterocycles. The molecule has 6 nitrogen and oxygen atoms in total. The summed E-state index contributed by atoms with van der Waals surface area (Å²) in [6.45, 7) is 3.10. The third-order valence-electron chi connectivity index (χ3n) is 4.13. The summed E-state index contributed by atoms with van der Waals surface area (Å²) in [6.07, 6.45) is 1.15. The van der Waals surface area contributed by atoms with Gasteiger partial charge in [-0.25, -0.2) is 9.97 Å². The van der Waals surface area contributed by atoms with Crippen LogP contribution in [0.4, 0.5) is 0 Å². The topological polar surface area (TPSA) is 64.6 Å². The molecule has 0 saturated carbocycles. The Morgan fingerprint density at radius 3 is 2.80 bits per heavy atom. The van der Waals surface area contributed by atoms with Crippen LogP contribution in [-0.2, 0) is 9.47 Å². The third kappa shape index (κ3) is 3.18. The molecule has 1 amide bonds. The highest BCUT2D eigenvalue weighted by atomic mass is 32.1. The number of carbonyl (C=O) groups excluding carboxylic acids is 1. The van der Waals surface area contributed by atoms with Crippen LogP contribution in [0.2, 0.25) is 0 Å². The molecule has 3 aromatic rings. The number of fused-ring (bicyclic) bond motifs is 1. The Labute approximate surface area is 153 Å². The van der Waals surface area contributed by atoms with E-state index < -0.39 is 6.29 Å². The van der Waals surface area contributed by atoms with E-state index in [1.165, 1.54) is 11.3 Å². The lowest BCUT2D eigenvalue weighted by atomic mass is 10.3. The van der Waals surface area contributed by atoms with Crippen molar-refractivity contribution in [2.45, 2.75) is 19.3 Å². The van der Waals surface area contributed by atoms with Crippen LogP contribution in [0, 0.1) is 0 Å². The number of benzene rings is 1. The van der Waals surface area contributed by atoms with E-state index in [1.54, 1.807) is 29.5 Å². The number of aromatic nitrogens is 2. The minimum Gasteiger partial charge on any atom is -0.344 e. The van der Waals surface area contributed by atoms with Crippen LogP contribution in [-0.4, -0.2) is 41.0 Å². The predicted molar refractivity (Wildman–Crippen MR) is 96.9 cm³/mol. The Balaban J connectivity index is 1.52. The summed E-state index contributed by atoms with van der Waals surface area (Å²) in [4.78, 5) is 24.0. The van der Waals surface area contributed by atoms with Gasteiger partial charge in [-0.05, 0) is 19.1 Å². The summed E-state index contributed by atoms with van der Waals surface area (Å²) in [7, 11) is 1.79. The second-order valence-corrected chi connectivity index (χ2v) is 7.87. The van der Waals surface area contributed by atoms with E-state index in [0.717, 1.165) is 15.2 Å². The van der Waals surface area contributed by atoms with Gasteiger partial charge in [0.05, 0.1) is 35.7 Å². The molecule has 4 rings (SSSR count). The number of rotatable bonds is 4. The lowest BCUT2D eigenvalue weighted by molar-refractivity contribution is -0.0442. The van der Waals surface area contributed by atoms with Gasteiger partial charge in [-0.2, -0.15) is 0 Å². The van der Waals surface area contributed by atoms with Crippen LogP contribution in [0.5, 0.6) is 0 Å². The first kappa shape index (κ1) is 16.6. The number of nitrogens with zero attached hydrogens (tertiary/aromatic N) is 3. The molecule has 0 spiro atoms. The van der Waals surface area contributed by atoms with Gasteiger partial charge in [0.2, 0.25) is 6.29 Å². The SMILES string of the molecule is C[C@@H](c1nc2ccccc2s1)N(C)C(=O)c1cnc(C2OCCO2)s1. The molecule has 1 aliphatic rings. The van der Waals surface area contributed by atoms with E-state index in [-0.39, 0.29) is 11.9 Å². The Kier molecular flexibility index (Phi) is 4.51. The van der Waals surface area contributed by atoms with Crippen molar-refractivity contribution in [1.82, 2.24) is 14.9 Å². The van der Waals surface area contributed by atoms with Crippen molar-refractivity contribution < 1.29 is 14.3 Å². The average Bonchev–Trinajstić information content (AvgIpc) is 3.38. The quantitative estimate of drug-likeness (QED) is 0.697. The number of amides is 1. The zero-order valence-electron chi connectivity index (χ0n) is 13.8. The second-order valence-electron chi connectivity index (χ2n) is 5.75. The van der Waals surface area contributed by atoms with E-state index in [9.17, 15) is 4.79 Å². The summed E-state index contributed by atoms with van der Waals surface area (Å²) in [5.74, 6) is -0.0755. The van der Waals surface area contributed by atoms with Crippen molar-refractivity contribution in [3.63, 3.8) is 0 Å². The van der Waals surface area contributed by atoms with Gasteiger partial charge in [-0.3, -0.25) is 4.79 Å². The van der Waals surface area contributed by atoms with Crippen LogP contribution in [0.3, 0.4) is 0 Å². The Morgan fingerprint density at radius 1 is 1.28 bits per heavy atom. The minimum absolute atomic E-state index is 0.0755. The highest BCUT2D eigenvalue weighted by Gasteiger charge is 2.26. The van der Waals surface area contributed by atoms with E-state index >= 15 is 0 Å². The molecule has 1 fully saturated rings. The molecule has 130 valence electrons. The lowest BCUT2D eigenvalue weighted by Gasteiger charge is -2.22. The Hall–Kier alpha value is -1.87. The van der Waals surface area contributed by atoms with Crippen LogP contribution >= 0.6 is 22.7 Å². The largest absolute Gasteiger partial charge is 0.344 e. The Morgan fingerprint density at radius 2 is 2.04 bits per heavy atom. The smallest absolute Gasteiger partial charge is 0.265 e. The zero-order chi connectivity index (χ0) is 17.4. The normalized spacial score (nSPS) is 16.4. The standard InChI is InChI=1S/C17H17N3O3S2/c1-10(14-19-11-5-3-4-6-12(11)24-14)20(2)16(21)13-9-18-15(25-13)17-22-7-8-23-17/h3-6,9-10,17H,7-8H2,1-2H3/t10-/m0/s1. The first-order valence-electron chi connectivity index (χ1n) is 7.95. The van der Waals surface area contributed by atoms with E-state index in [1.807, 2.05) is 31.2 Å². The minimum atomic E-state index is -0.446. The number of hydrogen-bond donors (Lipinski definition) is 0. The van der Waals surface area contributed by atoms with Crippen LogP contribution in [0.25, 0.3) is 10.2 Å². The molecule has 1 aromatic carbocycles. The molecule has 0 aliphatic carbocycles. The van der Waals surface area contributed by atoms with Crippen LogP contribution in [0.1, 0.15) is 38.9 Å². The van der Waals surface area contributed by atoms with Gasteiger partial charge in [-0.1, -0.05) is 12.1 Å². The maximum Gasteiger partial charge on any atom is 0.265 e. The van der Waals surface area contributed by atoms with Gasteiger partial charge in [0.1, 0.15) is 14.9 Å². The van der Waals surface area contributed by atoms with Crippen molar-refractivity contribution in [2.75, 3.05) is 20.3 Å². The van der Waals surface area contributed by atoms with Gasteiger partial charge in [-0.15, -0.1) is 22.7 Å². The summed E-state index contributed by atoms with van der Waals surface area (Å²) >= 11 is 2.93. The number of para-hydroxylation sites is 1. The molecule has 0 unspecified atom stereocenters. The van der Waals surface area contributed by atoms with Gasteiger partial charge in [0.15, 0.2) is 0 Å². The molecule has 0 radical (unpaired) electrons. The van der Waals surface area contributed by atoms with E-state index in [4.69, 9.17) is 9.47 Å². The third-order valence-corrected chi connectivity index (χ3v) is 6.34. The molecule has 3 heterocycles. The van der Waals surface area contributed by atoms with E-state index in [0.29, 0.717) is 23.1 Å². The van der Waals surface area contributed by atoms with Gasteiger partial charge < -0.3 is 14.4 Å². The fraction of sp³-hybridized carbons (Fsp3) is 0.353. The lowest BCUT2D eigenvalue weighted by Crippen LogP contribution is -2.29. The molecule has 0 bridgehead atoms. The maximum absolute atomic E-state index is 12.8. The fourth-order valence-electron chi connectivity index (χ4n) is 2.58. The predicted octanol–water partition coefficient (Wildman–Crippen LogP) is 3.63. The maximum atomic E-state index is 12.8. The number of ether oxygens (including phenoxy) is 2. The summed E-state index contributed by atoms with van der Waals surface area (Å²) in [5, 5.41) is 1.60. The fourth-order valence-corrected chi connectivity index (χ4v) is 4.54. The molecular weight excluding hydrogens is 358 g/mol. The highest BCUT2D eigenvalue weighted by Crippen LogP contribution is 2.31. The summed E-state index contributed by atoms with van der Waals surface area (Å²) < 4.78 is 12.0. The highest BCUT2D eigenvalue weighted by molar-refractivity contribution is 7.18. The number of carbonyl (C=O) groups is 1. The summed E-state index contributed by atoms with van der Waals surface area (Å²) in [5.41, 5.74) is 0.964. The average molecular weight is 375 g/mol. The first-order valence-corrected chi connectivity index (χ1v) is 9.58. The first-order chi connectivity index (χ1) is 12.1. The van der Waals surface area contributed by atoms with E-state index in [2.05, 4.69) is 9.97 Å². The van der Waals surface area contributed by atoms with Crippen LogP contribution in [0.15, 0.2) is 30.5 Å². The second kappa shape index (κ2) is 6.80. The molecule has 8 heteroatoms.